The second kappa shape index (κ2) is 6.73. The van der Waals surface area contributed by atoms with Crippen LogP contribution in [0.2, 0.25) is 0 Å². The van der Waals surface area contributed by atoms with Crippen molar-refractivity contribution in [3.8, 4) is 5.88 Å². The highest BCUT2D eigenvalue weighted by Gasteiger charge is 2.24. The Morgan fingerprint density at radius 2 is 2.22 bits per heavy atom. The quantitative estimate of drug-likeness (QED) is 0.593. The van der Waals surface area contributed by atoms with Gasteiger partial charge in [-0.2, -0.15) is 4.98 Å². The van der Waals surface area contributed by atoms with Crippen LogP contribution in [-0.2, 0) is 0 Å². The zero-order chi connectivity index (χ0) is 13.5. The molecule has 0 amide bonds. The van der Waals surface area contributed by atoms with Gasteiger partial charge >= 0.3 is 5.69 Å². The minimum absolute atomic E-state index is 0.0242. The predicted molar refractivity (Wildman–Crippen MR) is 67.8 cm³/mol. The smallest absolute Gasteiger partial charge is 0.372 e. The summed E-state index contributed by atoms with van der Waals surface area (Å²) in [7, 11) is 1.35. The second-order valence-electron chi connectivity index (χ2n) is 3.88. The van der Waals surface area contributed by atoms with Crippen LogP contribution in [0.5, 0.6) is 5.88 Å². The molecule has 0 aliphatic heterocycles. The third kappa shape index (κ3) is 3.28. The van der Waals surface area contributed by atoms with E-state index in [4.69, 9.17) is 4.74 Å². The van der Waals surface area contributed by atoms with Crippen LogP contribution in [0.3, 0.4) is 0 Å². The Bertz CT molecular complexity index is 411. The van der Waals surface area contributed by atoms with Crippen molar-refractivity contribution >= 4 is 11.5 Å². The number of hydrogen-bond acceptors (Lipinski definition) is 6. The lowest BCUT2D eigenvalue weighted by Crippen LogP contribution is -2.20. The fraction of sp³-hybridized carbons (Fsp3) is 0.636. The van der Waals surface area contributed by atoms with Gasteiger partial charge in [0.05, 0.1) is 12.0 Å². The van der Waals surface area contributed by atoms with Crippen LogP contribution in [0.25, 0.3) is 0 Å². The standard InChI is InChI=1S/C11H18N4O3/c1-4-6-8(5-2)14-10-9(15(16)17)11(18-3)13-7-12-10/h7-8H,4-6H2,1-3H3,(H,12,13,14). The summed E-state index contributed by atoms with van der Waals surface area (Å²) < 4.78 is 4.89. The molecule has 1 N–H and O–H groups in total. The van der Waals surface area contributed by atoms with Crippen molar-refractivity contribution in [2.75, 3.05) is 12.4 Å². The molecule has 1 atom stereocenters. The van der Waals surface area contributed by atoms with Gasteiger partial charge in [-0.15, -0.1) is 0 Å². The Morgan fingerprint density at radius 1 is 1.50 bits per heavy atom. The summed E-state index contributed by atoms with van der Waals surface area (Å²) in [6.45, 7) is 4.09. The number of methoxy groups -OCH3 is 1. The maximum Gasteiger partial charge on any atom is 0.372 e. The van der Waals surface area contributed by atoms with E-state index in [0.717, 1.165) is 19.3 Å². The van der Waals surface area contributed by atoms with Crippen molar-refractivity contribution in [3.63, 3.8) is 0 Å². The highest BCUT2D eigenvalue weighted by atomic mass is 16.6. The monoisotopic (exact) mass is 254 g/mol. The molecule has 1 rings (SSSR count). The van der Waals surface area contributed by atoms with Crippen LogP contribution in [-0.4, -0.2) is 28.0 Å². The van der Waals surface area contributed by atoms with Crippen LogP contribution in [0.4, 0.5) is 11.5 Å². The third-order valence-electron chi connectivity index (χ3n) is 2.64. The second-order valence-corrected chi connectivity index (χ2v) is 3.88. The van der Waals surface area contributed by atoms with E-state index < -0.39 is 4.92 Å². The molecule has 0 bridgehead atoms. The first kappa shape index (κ1) is 14.1. The zero-order valence-corrected chi connectivity index (χ0v) is 10.8. The van der Waals surface area contributed by atoms with Crippen molar-refractivity contribution in [3.05, 3.63) is 16.4 Å². The summed E-state index contributed by atoms with van der Waals surface area (Å²) >= 11 is 0. The summed E-state index contributed by atoms with van der Waals surface area (Å²) in [6.07, 6.45) is 4.06. The molecular formula is C11H18N4O3. The molecule has 0 saturated carbocycles. The number of nitrogens with zero attached hydrogens (tertiary/aromatic N) is 3. The molecule has 0 spiro atoms. The van der Waals surface area contributed by atoms with Crippen molar-refractivity contribution < 1.29 is 9.66 Å². The fourth-order valence-corrected chi connectivity index (χ4v) is 1.70. The maximum atomic E-state index is 11.0. The first-order chi connectivity index (χ1) is 8.63. The lowest BCUT2D eigenvalue weighted by atomic mass is 10.1. The van der Waals surface area contributed by atoms with Crippen LogP contribution in [0.1, 0.15) is 33.1 Å². The molecule has 100 valence electrons. The molecule has 0 aliphatic carbocycles. The number of anilines is 1. The molecule has 0 radical (unpaired) electrons. The van der Waals surface area contributed by atoms with Crippen LogP contribution in [0, 0.1) is 10.1 Å². The molecular weight excluding hydrogens is 236 g/mol. The maximum absolute atomic E-state index is 11.0. The van der Waals surface area contributed by atoms with Crippen molar-refractivity contribution in [2.24, 2.45) is 0 Å². The van der Waals surface area contributed by atoms with E-state index in [1.54, 1.807) is 0 Å². The van der Waals surface area contributed by atoms with E-state index in [-0.39, 0.29) is 23.4 Å². The number of nitro groups is 1. The van der Waals surface area contributed by atoms with Crippen molar-refractivity contribution in [1.29, 1.82) is 0 Å². The molecule has 1 aromatic heterocycles. The highest BCUT2D eigenvalue weighted by molar-refractivity contribution is 5.61. The number of aromatic nitrogens is 2. The molecule has 1 aromatic rings. The van der Waals surface area contributed by atoms with Gasteiger partial charge in [-0.25, -0.2) is 4.98 Å². The van der Waals surface area contributed by atoms with Gasteiger partial charge < -0.3 is 10.1 Å². The lowest BCUT2D eigenvalue weighted by Gasteiger charge is -2.16. The van der Waals surface area contributed by atoms with E-state index >= 15 is 0 Å². The number of rotatable bonds is 7. The third-order valence-corrected chi connectivity index (χ3v) is 2.64. The van der Waals surface area contributed by atoms with Gasteiger partial charge in [-0.3, -0.25) is 10.1 Å². The Labute approximate surface area is 106 Å². The lowest BCUT2D eigenvalue weighted by molar-refractivity contribution is -0.385. The van der Waals surface area contributed by atoms with Gasteiger partial charge in [0.2, 0.25) is 5.82 Å². The fourth-order valence-electron chi connectivity index (χ4n) is 1.70. The summed E-state index contributed by atoms with van der Waals surface area (Å²) in [4.78, 5) is 18.2. The van der Waals surface area contributed by atoms with Crippen molar-refractivity contribution in [1.82, 2.24) is 9.97 Å². The molecule has 7 nitrogen and oxygen atoms in total. The number of hydrogen-bond donors (Lipinski definition) is 1. The molecule has 0 fully saturated rings. The minimum atomic E-state index is -0.528. The summed E-state index contributed by atoms with van der Waals surface area (Å²) in [6, 6.07) is 0.160. The topological polar surface area (TPSA) is 90.2 Å². The van der Waals surface area contributed by atoms with E-state index in [2.05, 4.69) is 22.2 Å². The Morgan fingerprint density at radius 3 is 2.72 bits per heavy atom. The van der Waals surface area contributed by atoms with E-state index in [1.807, 2.05) is 6.92 Å². The number of nitrogens with one attached hydrogen (secondary N) is 1. The largest absolute Gasteiger partial charge is 0.476 e. The summed E-state index contributed by atoms with van der Waals surface area (Å²) in [5, 5.41) is 14.1. The van der Waals surface area contributed by atoms with E-state index in [1.165, 1.54) is 13.4 Å². The SMILES string of the molecule is CCCC(CC)Nc1ncnc(OC)c1[N+](=O)[O-]. The first-order valence-corrected chi connectivity index (χ1v) is 5.93. The first-order valence-electron chi connectivity index (χ1n) is 5.93. The van der Waals surface area contributed by atoms with Gasteiger partial charge in [-0.1, -0.05) is 20.3 Å². The highest BCUT2D eigenvalue weighted by Crippen LogP contribution is 2.31. The normalized spacial score (nSPS) is 11.9. The Hall–Kier alpha value is -1.92. The summed E-state index contributed by atoms with van der Waals surface area (Å²) in [5.74, 6) is 0.191. The zero-order valence-electron chi connectivity index (χ0n) is 10.8. The molecule has 0 aromatic carbocycles. The minimum Gasteiger partial charge on any atom is -0.476 e. The summed E-state index contributed by atoms with van der Waals surface area (Å²) in [5.41, 5.74) is -0.213. The number of ether oxygens (including phenoxy) is 1. The molecule has 1 heterocycles. The molecule has 0 aliphatic rings. The van der Waals surface area contributed by atoms with Gasteiger partial charge in [0.25, 0.3) is 5.88 Å². The Balaban J connectivity index is 3.03. The van der Waals surface area contributed by atoms with Gasteiger partial charge in [0.15, 0.2) is 0 Å². The predicted octanol–water partition coefficient (Wildman–Crippen LogP) is 2.38. The molecule has 7 heteroatoms. The average Bonchev–Trinajstić information content (AvgIpc) is 2.37. The van der Waals surface area contributed by atoms with Crippen molar-refractivity contribution in [2.45, 2.75) is 39.2 Å². The van der Waals surface area contributed by atoms with Gasteiger partial charge in [0, 0.05) is 6.04 Å². The average molecular weight is 254 g/mol. The van der Waals surface area contributed by atoms with Gasteiger partial charge in [-0.05, 0) is 12.8 Å². The van der Waals surface area contributed by atoms with Crippen LogP contribution in [0.15, 0.2) is 6.33 Å². The van der Waals surface area contributed by atoms with Crippen LogP contribution < -0.4 is 10.1 Å². The molecule has 18 heavy (non-hydrogen) atoms. The van der Waals surface area contributed by atoms with E-state index in [9.17, 15) is 10.1 Å². The van der Waals surface area contributed by atoms with Gasteiger partial charge in [0.1, 0.15) is 6.33 Å². The molecule has 1 unspecified atom stereocenters. The van der Waals surface area contributed by atoms with Crippen LogP contribution >= 0.6 is 0 Å². The van der Waals surface area contributed by atoms with E-state index in [0.29, 0.717) is 0 Å². The molecule has 0 saturated heterocycles. The Kier molecular flexibility index (Phi) is 5.29.